The zero-order chi connectivity index (χ0) is 15.4. The summed E-state index contributed by atoms with van der Waals surface area (Å²) in [6, 6.07) is 5.73. The van der Waals surface area contributed by atoms with Gasteiger partial charge in [-0.15, -0.1) is 0 Å². The number of ether oxygens (including phenoxy) is 2. The third kappa shape index (κ3) is 3.52. The summed E-state index contributed by atoms with van der Waals surface area (Å²) < 4.78 is 12.4. The largest absolute Gasteiger partial charge is 0.497 e. The third-order valence-corrected chi connectivity index (χ3v) is 3.34. The Kier molecular flexibility index (Phi) is 4.80. The Morgan fingerprint density at radius 1 is 1.14 bits per heavy atom. The number of rotatable bonds is 6. The first-order valence-corrected chi connectivity index (χ1v) is 6.92. The van der Waals surface area contributed by atoms with Crippen molar-refractivity contribution in [3.05, 3.63) is 35.9 Å². The molecule has 2 aromatic rings. The van der Waals surface area contributed by atoms with E-state index < -0.39 is 0 Å². The molecule has 114 valence electrons. The Labute approximate surface area is 124 Å². The van der Waals surface area contributed by atoms with E-state index in [1.54, 1.807) is 20.5 Å². The molecule has 0 aliphatic rings. The third-order valence-electron chi connectivity index (χ3n) is 3.34. The molecule has 0 aliphatic heterocycles. The normalized spacial score (nSPS) is 12.5. The summed E-state index contributed by atoms with van der Waals surface area (Å²) in [6.07, 6.45) is 2.17. The van der Waals surface area contributed by atoms with E-state index in [0.29, 0.717) is 6.42 Å². The molecule has 0 spiro atoms. The van der Waals surface area contributed by atoms with Crippen molar-refractivity contribution in [2.75, 3.05) is 14.2 Å². The predicted molar refractivity (Wildman–Crippen MR) is 80.6 cm³/mol. The molecule has 6 nitrogen and oxygen atoms in total. The van der Waals surface area contributed by atoms with E-state index in [-0.39, 0.29) is 12.1 Å². The maximum absolute atomic E-state index is 6.31. The van der Waals surface area contributed by atoms with Crippen LogP contribution in [0.1, 0.15) is 37.3 Å². The first-order chi connectivity index (χ1) is 10.0. The van der Waals surface area contributed by atoms with Crippen molar-refractivity contribution in [1.82, 2.24) is 14.8 Å². The fourth-order valence-corrected chi connectivity index (χ4v) is 2.21. The van der Waals surface area contributed by atoms with E-state index in [1.807, 2.05) is 22.9 Å². The predicted octanol–water partition coefficient (Wildman–Crippen LogP) is 2.12. The maximum Gasteiger partial charge on any atom is 0.138 e. The molecule has 1 aromatic carbocycles. The fraction of sp³-hybridized carbons (Fsp3) is 0.467. The monoisotopic (exact) mass is 290 g/mol. The van der Waals surface area contributed by atoms with Crippen molar-refractivity contribution in [2.45, 2.75) is 32.4 Å². The Morgan fingerprint density at radius 2 is 1.76 bits per heavy atom. The van der Waals surface area contributed by atoms with Crippen LogP contribution in [0.25, 0.3) is 0 Å². The molecule has 0 bridgehead atoms. The van der Waals surface area contributed by atoms with Crippen molar-refractivity contribution >= 4 is 0 Å². The van der Waals surface area contributed by atoms with Gasteiger partial charge in [-0.2, -0.15) is 5.10 Å². The molecule has 0 radical (unpaired) electrons. The smallest absolute Gasteiger partial charge is 0.138 e. The fourth-order valence-electron chi connectivity index (χ4n) is 2.21. The quantitative estimate of drug-likeness (QED) is 0.882. The number of nitrogens with two attached hydrogens (primary N) is 1. The van der Waals surface area contributed by atoms with Crippen LogP contribution in [0.5, 0.6) is 11.5 Å². The minimum atomic E-state index is -0.198. The Morgan fingerprint density at radius 3 is 2.29 bits per heavy atom. The van der Waals surface area contributed by atoms with E-state index in [1.165, 1.54) is 0 Å². The van der Waals surface area contributed by atoms with Gasteiger partial charge in [0.05, 0.1) is 14.2 Å². The van der Waals surface area contributed by atoms with E-state index in [2.05, 4.69) is 23.9 Å². The first-order valence-electron chi connectivity index (χ1n) is 6.92. The van der Waals surface area contributed by atoms with Crippen LogP contribution in [0.2, 0.25) is 0 Å². The summed E-state index contributed by atoms with van der Waals surface area (Å²) in [4.78, 5) is 4.30. The van der Waals surface area contributed by atoms with Crippen LogP contribution in [-0.4, -0.2) is 29.0 Å². The maximum atomic E-state index is 6.31. The highest BCUT2D eigenvalue weighted by atomic mass is 16.5. The second kappa shape index (κ2) is 6.58. The van der Waals surface area contributed by atoms with Crippen molar-refractivity contribution < 1.29 is 9.47 Å². The second-order valence-corrected chi connectivity index (χ2v) is 5.17. The number of benzene rings is 1. The molecule has 0 fully saturated rings. The van der Waals surface area contributed by atoms with Crippen LogP contribution in [-0.2, 0) is 6.42 Å². The molecule has 2 N–H and O–H groups in total. The van der Waals surface area contributed by atoms with Crippen molar-refractivity contribution in [1.29, 1.82) is 0 Å². The lowest BCUT2D eigenvalue weighted by atomic mass is 10.0. The number of aromatic nitrogens is 3. The average molecular weight is 290 g/mol. The number of hydrogen-bond donors (Lipinski definition) is 1. The molecule has 0 saturated carbocycles. The van der Waals surface area contributed by atoms with Crippen molar-refractivity contribution in [3.63, 3.8) is 0 Å². The molecule has 0 saturated heterocycles. The highest BCUT2D eigenvalue weighted by Crippen LogP contribution is 2.27. The molecule has 1 atom stereocenters. The topological polar surface area (TPSA) is 75.2 Å². The van der Waals surface area contributed by atoms with Crippen molar-refractivity contribution in [3.8, 4) is 11.5 Å². The van der Waals surface area contributed by atoms with E-state index in [0.717, 1.165) is 22.9 Å². The van der Waals surface area contributed by atoms with Crippen molar-refractivity contribution in [2.24, 2.45) is 5.73 Å². The lowest BCUT2D eigenvalue weighted by Crippen LogP contribution is -2.18. The van der Waals surface area contributed by atoms with E-state index in [9.17, 15) is 0 Å². The standard InChI is InChI=1S/C15H22N4O2/c1-10(2)19-15(17-9-18-19)8-14(16)11-5-12(20-3)7-13(6-11)21-4/h5-7,9-10,14H,8,16H2,1-4H3. The average Bonchev–Trinajstić information content (AvgIpc) is 2.94. The van der Waals surface area contributed by atoms with Crippen LogP contribution in [0.3, 0.4) is 0 Å². The molecule has 1 heterocycles. The molecule has 0 amide bonds. The van der Waals surface area contributed by atoms with Crippen LogP contribution in [0.15, 0.2) is 24.5 Å². The molecule has 1 aromatic heterocycles. The zero-order valence-electron chi connectivity index (χ0n) is 12.9. The lowest BCUT2D eigenvalue weighted by molar-refractivity contribution is 0.392. The summed E-state index contributed by atoms with van der Waals surface area (Å²) in [5, 5.41) is 4.23. The minimum absolute atomic E-state index is 0.198. The highest BCUT2D eigenvalue weighted by Gasteiger charge is 2.15. The summed E-state index contributed by atoms with van der Waals surface area (Å²) in [6.45, 7) is 4.14. The summed E-state index contributed by atoms with van der Waals surface area (Å²) in [7, 11) is 3.25. The van der Waals surface area contributed by atoms with Gasteiger partial charge in [0.2, 0.25) is 0 Å². The van der Waals surface area contributed by atoms with Crippen LogP contribution < -0.4 is 15.2 Å². The van der Waals surface area contributed by atoms with Gasteiger partial charge in [0.15, 0.2) is 0 Å². The molecular formula is C15H22N4O2. The summed E-state index contributed by atoms with van der Waals surface area (Å²) in [5.74, 6) is 2.33. The summed E-state index contributed by atoms with van der Waals surface area (Å²) in [5.41, 5.74) is 7.26. The molecule has 2 rings (SSSR count). The second-order valence-electron chi connectivity index (χ2n) is 5.17. The van der Waals surface area contributed by atoms with Gasteiger partial charge in [0.25, 0.3) is 0 Å². The summed E-state index contributed by atoms with van der Waals surface area (Å²) >= 11 is 0. The Bertz CT molecular complexity index is 573. The van der Waals surface area contributed by atoms with Gasteiger partial charge < -0.3 is 15.2 Å². The highest BCUT2D eigenvalue weighted by molar-refractivity contribution is 5.40. The number of nitrogens with zero attached hydrogens (tertiary/aromatic N) is 3. The molecule has 6 heteroatoms. The molecule has 0 aliphatic carbocycles. The lowest BCUT2D eigenvalue weighted by Gasteiger charge is -2.16. The van der Waals surface area contributed by atoms with Crippen LogP contribution in [0.4, 0.5) is 0 Å². The Balaban J connectivity index is 2.23. The molecular weight excluding hydrogens is 268 g/mol. The zero-order valence-corrected chi connectivity index (χ0v) is 12.9. The van der Waals surface area contributed by atoms with Gasteiger partial charge in [-0.3, -0.25) is 0 Å². The molecule has 1 unspecified atom stereocenters. The van der Waals surface area contributed by atoms with E-state index in [4.69, 9.17) is 15.2 Å². The van der Waals surface area contributed by atoms with Gasteiger partial charge in [0, 0.05) is 24.6 Å². The van der Waals surface area contributed by atoms with Gasteiger partial charge in [-0.1, -0.05) is 0 Å². The number of methoxy groups -OCH3 is 2. The molecule has 21 heavy (non-hydrogen) atoms. The van der Waals surface area contributed by atoms with E-state index >= 15 is 0 Å². The first kappa shape index (κ1) is 15.3. The van der Waals surface area contributed by atoms with Gasteiger partial charge in [-0.05, 0) is 31.5 Å². The Hall–Kier alpha value is -2.08. The SMILES string of the molecule is COc1cc(OC)cc(C(N)Cc2ncnn2C(C)C)c1. The minimum Gasteiger partial charge on any atom is -0.497 e. The van der Waals surface area contributed by atoms with Gasteiger partial charge in [0.1, 0.15) is 23.7 Å². The van der Waals surface area contributed by atoms with Crippen LogP contribution in [0, 0.1) is 0 Å². The van der Waals surface area contributed by atoms with Crippen LogP contribution >= 0.6 is 0 Å². The number of hydrogen-bond acceptors (Lipinski definition) is 5. The van der Waals surface area contributed by atoms with Gasteiger partial charge in [-0.25, -0.2) is 9.67 Å². The van der Waals surface area contributed by atoms with Gasteiger partial charge >= 0.3 is 0 Å².